The molecule has 0 aromatic heterocycles. The minimum Gasteiger partial charge on any atom is -0.385 e. The number of aliphatic hydroxyl groups is 1. The van der Waals surface area contributed by atoms with Gasteiger partial charge in [0.15, 0.2) is 0 Å². The van der Waals surface area contributed by atoms with Gasteiger partial charge in [-0.05, 0) is 60.9 Å². The van der Waals surface area contributed by atoms with Gasteiger partial charge in [-0.25, -0.2) is 0 Å². The number of hydrogen-bond donors (Lipinski definition) is 1. The van der Waals surface area contributed by atoms with Crippen molar-refractivity contribution in [3.63, 3.8) is 0 Å². The number of rotatable bonds is 2. The first-order chi connectivity index (χ1) is 9.58. The van der Waals surface area contributed by atoms with Crippen LogP contribution in [0.15, 0.2) is 42.5 Å². The molecule has 0 saturated carbocycles. The highest BCUT2D eigenvalue weighted by Crippen LogP contribution is 2.37. The number of fused-ring (bicyclic) bond motifs is 1. The maximum atomic E-state index is 11.1. The Morgan fingerprint density at radius 1 is 1.05 bits per heavy atom. The highest BCUT2D eigenvalue weighted by atomic mass is 16.3. The van der Waals surface area contributed by atoms with E-state index >= 15 is 0 Å². The summed E-state index contributed by atoms with van der Waals surface area (Å²) in [5, 5.41) is 11.1. The van der Waals surface area contributed by atoms with Crippen LogP contribution >= 0.6 is 0 Å². The fraction of sp³-hybridized carbons (Fsp3) is 0.368. The lowest BCUT2D eigenvalue weighted by molar-refractivity contribution is 0.0190. The fourth-order valence-corrected chi connectivity index (χ4v) is 3.33. The fourth-order valence-electron chi connectivity index (χ4n) is 3.33. The van der Waals surface area contributed by atoms with E-state index in [0.717, 1.165) is 24.8 Å². The van der Waals surface area contributed by atoms with Gasteiger partial charge in [-0.2, -0.15) is 0 Å². The molecule has 20 heavy (non-hydrogen) atoms. The third-order valence-corrected chi connectivity index (χ3v) is 4.62. The molecule has 1 aliphatic rings. The highest BCUT2D eigenvalue weighted by Gasteiger charge is 2.34. The van der Waals surface area contributed by atoms with Crippen molar-refractivity contribution in [2.45, 2.75) is 45.1 Å². The molecule has 0 amide bonds. The van der Waals surface area contributed by atoms with E-state index in [1.165, 1.54) is 22.3 Å². The molecule has 104 valence electrons. The van der Waals surface area contributed by atoms with E-state index in [1.54, 1.807) is 0 Å². The number of benzene rings is 2. The molecule has 0 radical (unpaired) electrons. The van der Waals surface area contributed by atoms with Crippen molar-refractivity contribution < 1.29 is 5.11 Å². The van der Waals surface area contributed by atoms with E-state index < -0.39 is 5.60 Å². The third kappa shape index (κ3) is 2.38. The molecule has 1 unspecified atom stereocenters. The van der Waals surface area contributed by atoms with E-state index in [9.17, 15) is 5.11 Å². The Labute approximate surface area is 121 Å². The van der Waals surface area contributed by atoms with Crippen LogP contribution in [-0.4, -0.2) is 5.11 Å². The average molecular weight is 266 g/mol. The Balaban J connectivity index is 1.95. The van der Waals surface area contributed by atoms with Crippen molar-refractivity contribution in [1.29, 1.82) is 0 Å². The lowest BCUT2D eigenvalue weighted by atomic mass is 9.76. The first-order valence-electron chi connectivity index (χ1n) is 7.45. The minimum absolute atomic E-state index is 0.698. The zero-order valence-electron chi connectivity index (χ0n) is 12.3. The molecule has 0 fully saturated rings. The molecule has 3 rings (SSSR count). The van der Waals surface area contributed by atoms with E-state index in [1.807, 2.05) is 6.07 Å². The summed E-state index contributed by atoms with van der Waals surface area (Å²) in [6.07, 6.45) is 3.73. The largest absolute Gasteiger partial charge is 0.385 e. The van der Waals surface area contributed by atoms with E-state index in [2.05, 4.69) is 50.2 Å². The molecular weight excluding hydrogens is 244 g/mol. The smallest absolute Gasteiger partial charge is 0.0939 e. The molecule has 0 spiro atoms. The van der Waals surface area contributed by atoms with Gasteiger partial charge < -0.3 is 5.11 Å². The molecule has 0 bridgehead atoms. The van der Waals surface area contributed by atoms with Gasteiger partial charge >= 0.3 is 0 Å². The molecule has 0 saturated heterocycles. The zero-order chi connectivity index (χ0) is 14.2. The lowest BCUT2D eigenvalue weighted by Gasteiger charge is -2.35. The molecule has 1 atom stereocenters. The van der Waals surface area contributed by atoms with Crippen LogP contribution in [0.4, 0.5) is 0 Å². The molecule has 2 aromatic carbocycles. The number of hydrogen-bond acceptors (Lipinski definition) is 1. The average Bonchev–Trinajstić information content (AvgIpc) is 2.43. The number of aryl methyl sites for hydroxylation is 3. The van der Waals surface area contributed by atoms with E-state index in [-0.39, 0.29) is 0 Å². The molecule has 0 heterocycles. The quantitative estimate of drug-likeness (QED) is 0.868. The van der Waals surface area contributed by atoms with Crippen molar-refractivity contribution in [1.82, 2.24) is 0 Å². The minimum atomic E-state index is -0.698. The summed E-state index contributed by atoms with van der Waals surface area (Å²) in [5.41, 5.74) is 5.58. The molecule has 0 aliphatic heterocycles. The molecule has 1 heteroatoms. The Hall–Kier alpha value is -1.60. The van der Waals surface area contributed by atoms with E-state index in [4.69, 9.17) is 0 Å². The van der Waals surface area contributed by atoms with Crippen LogP contribution in [0.25, 0.3) is 0 Å². The molecule has 1 N–H and O–H groups in total. The Kier molecular flexibility index (Phi) is 3.39. The van der Waals surface area contributed by atoms with Gasteiger partial charge in [0.2, 0.25) is 0 Å². The van der Waals surface area contributed by atoms with Gasteiger partial charge in [-0.15, -0.1) is 0 Å². The van der Waals surface area contributed by atoms with Crippen molar-refractivity contribution in [2.24, 2.45) is 0 Å². The van der Waals surface area contributed by atoms with Crippen LogP contribution in [0.5, 0.6) is 0 Å². The van der Waals surface area contributed by atoms with Gasteiger partial charge in [-0.3, -0.25) is 0 Å². The van der Waals surface area contributed by atoms with Crippen LogP contribution in [0.3, 0.4) is 0 Å². The molecule has 2 aromatic rings. The van der Waals surface area contributed by atoms with Crippen LogP contribution in [0.2, 0.25) is 0 Å². The maximum absolute atomic E-state index is 11.1. The van der Waals surface area contributed by atoms with Crippen LogP contribution in [0.1, 0.15) is 40.7 Å². The van der Waals surface area contributed by atoms with Gasteiger partial charge in [0, 0.05) is 6.42 Å². The summed E-state index contributed by atoms with van der Waals surface area (Å²) in [5.74, 6) is 0. The summed E-state index contributed by atoms with van der Waals surface area (Å²) in [6.45, 7) is 4.27. The lowest BCUT2D eigenvalue weighted by Crippen LogP contribution is -2.33. The summed E-state index contributed by atoms with van der Waals surface area (Å²) in [4.78, 5) is 0. The first kappa shape index (κ1) is 13.4. The second-order valence-electron chi connectivity index (χ2n) is 6.14. The van der Waals surface area contributed by atoms with Gasteiger partial charge in [0.1, 0.15) is 0 Å². The van der Waals surface area contributed by atoms with Crippen molar-refractivity contribution in [3.05, 3.63) is 70.3 Å². The predicted molar refractivity (Wildman–Crippen MR) is 82.9 cm³/mol. The van der Waals surface area contributed by atoms with Crippen LogP contribution in [0, 0.1) is 13.8 Å². The highest BCUT2D eigenvalue weighted by molar-refractivity contribution is 5.38. The van der Waals surface area contributed by atoms with Crippen molar-refractivity contribution >= 4 is 0 Å². The zero-order valence-corrected chi connectivity index (χ0v) is 12.3. The Morgan fingerprint density at radius 2 is 1.85 bits per heavy atom. The summed E-state index contributed by atoms with van der Waals surface area (Å²) in [7, 11) is 0. The Morgan fingerprint density at radius 3 is 2.65 bits per heavy atom. The second kappa shape index (κ2) is 5.06. The normalized spacial score (nSPS) is 21.6. The maximum Gasteiger partial charge on any atom is 0.0939 e. The van der Waals surface area contributed by atoms with Gasteiger partial charge in [-0.1, -0.05) is 42.5 Å². The monoisotopic (exact) mass is 266 g/mol. The molecular formula is C19H22O. The predicted octanol–water partition coefficient (Wildman–Crippen LogP) is 4.07. The standard InChI is InChI=1S/C19H22O/c1-14-9-10-16(12-15(14)2)13-19(20)11-5-7-17-6-3-4-8-18(17)19/h3-4,6,8-10,12,20H,5,7,11,13H2,1-2H3. The summed E-state index contributed by atoms with van der Waals surface area (Å²) < 4.78 is 0. The molecule has 1 aliphatic carbocycles. The second-order valence-corrected chi connectivity index (χ2v) is 6.14. The topological polar surface area (TPSA) is 20.2 Å². The van der Waals surface area contributed by atoms with Gasteiger partial charge in [0.05, 0.1) is 5.60 Å². The van der Waals surface area contributed by atoms with Crippen molar-refractivity contribution in [2.75, 3.05) is 0 Å². The third-order valence-electron chi connectivity index (χ3n) is 4.62. The van der Waals surface area contributed by atoms with Crippen molar-refractivity contribution in [3.8, 4) is 0 Å². The summed E-state index contributed by atoms with van der Waals surface area (Å²) in [6, 6.07) is 14.9. The van der Waals surface area contributed by atoms with Gasteiger partial charge in [0.25, 0.3) is 0 Å². The van der Waals surface area contributed by atoms with Crippen LogP contribution < -0.4 is 0 Å². The SMILES string of the molecule is Cc1ccc(CC2(O)CCCc3ccccc32)cc1C. The Bertz CT molecular complexity index is 629. The molecule has 1 nitrogen and oxygen atoms in total. The van der Waals surface area contributed by atoms with E-state index in [0.29, 0.717) is 6.42 Å². The van der Waals surface area contributed by atoms with Crippen LogP contribution in [-0.2, 0) is 18.4 Å². The summed E-state index contributed by atoms with van der Waals surface area (Å²) >= 11 is 0. The first-order valence-corrected chi connectivity index (χ1v) is 7.45.